The van der Waals surface area contributed by atoms with E-state index in [4.69, 9.17) is 9.47 Å². The van der Waals surface area contributed by atoms with Crippen LogP contribution in [-0.4, -0.2) is 60.6 Å². The molecule has 0 unspecified atom stereocenters. The summed E-state index contributed by atoms with van der Waals surface area (Å²) in [6, 6.07) is 10.1. The first kappa shape index (κ1) is 21.2. The number of aliphatic imine (C=N–C) groups is 1. The van der Waals surface area contributed by atoms with Gasteiger partial charge < -0.3 is 19.7 Å². The number of aryl methyl sites for hydroxylation is 1. The van der Waals surface area contributed by atoms with E-state index >= 15 is 0 Å². The van der Waals surface area contributed by atoms with E-state index in [1.165, 1.54) is 11.3 Å². The lowest BCUT2D eigenvalue weighted by Crippen LogP contribution is -2.47. The second kappa shape index (κ2) is 10.3. The van der Waals surface area contributed by atoms with Crippen molar-refractivity contribution in [2.24, 2.45) is 4.99 Å². The number of benzene rings is 1. The molecule has 1 aromatic heterocycles. The molecule has 1 aliphatic rings. The van der Waals surface area contributed by atoms with Gasteiger partial charge in [-0.25, -0.2) is 0 Å². The van der Waals surface area contributed by atoms with Crippen LogP contribution in [0.15, 0.2) is 35.3 Å². The van der Waals surface area contributed by atoms with Crippen molar-refractivity contribution in [1.29, 1.82) is 0 Å². The predicted molar refractivity (Wildman–Crippen MR) is 115 cm³/mol. The number of nitrogens with one attached hydrogen (secondary N) is 1. The van der Waals surface area contributed by atoms with Gasteiger partial charge in [0.15, 0.2) is 5.96 Å². The van der Waals surface area contributed by atoms with E-state index in [9.17, 15) is 0 Å². The topological polar surface area (TPSA) is 63.9 Å². The van der Waals surface area contributed by atoms with Crippen LogP contribution >= 0.6 is 0 Å². The lowest BCUT2D eigenvalue weighted by molar-refractivity contribution is 0.129. The van der Waals surface area contributed by atoms with Crippen LogP contribution in [0.25, 0.3) is 0 Å². The summed E-state index contributed by atoms with van der Waals surface area (Å²) < 4.78 is 13.3. The first-order valence-electron chi connectivity index (χ1n) is 10.3. The zero-order valence-corrected chi connectivity index (χ0v) is 18.0. The van der Waals surface area contributed by atoms with E-state index in [0.29, 0.717) is 6.61 Å². The fourth-order valence-corrected chi connectivity index (χ4v) is 3.76. The third kappa shape index (κ3) is 5.50. The Morgan fingerprint density at radius 1 is 1.21 bits per heavy atom. The minimum atomic E-state index is 0.260. The van der Waals surface area contributed by atoms with Gasteiger partial charge in [-0.05, 0) is 26.0 Å². The SMILES string of the molecule is CN=C(NCc1c(C)nn(CCOC)c1C)N1CCC(Oc2ccccc2)CC1. The van der Waals surface area contributed by atoms with Crippen LogP contribution < -0.4 is 10.1 Å². The van der Waals surface area contributed by atoms with Crippen molar-refractivity contribution >= 4 is 5.96 Å². The van der Waals surface area contributed by atoms with Crippen LogP contribution in [-0.2, 0) is 17.8 Å². The Bertz CT molecular complexity index is 795. The van der Waals surface area contributed by atoms with E-state index in [0.717, 1.165) is 56.4 Å². The molecule has 1 fully saturated rings. The summed E-state index contributed by atoms with van der Waals surface area (Å²) in [4.78, 5) is 6.81. The molecule has 2 aromatic rings. The number of ether oxygens (including phenoxy) is 2. The van der Waals surface area contributed by atoms with E-state index in [-0.39, 0.29) is 6.10 Å². The molecule has 0 radical (unpaired) electrons. The van der Waals surface area contributed by atoms with Crippen LogP contribution in [0, 0.1) is 13.8 Å². The van der Waals surface area contributed by atoms with Gasteiger partial charge in [0.2, 0.25) is 0 Å². The molecule has 0 amide bonds. The fourth-order valence-electron chi connectivity index (χ4n) is 3.76. The van der Waals surface area contributed by atoms with Crippen LogP contribution in [0.4, 0.5) is 0 Å². The van der Waals surface area contributed by atoms with E-state index < -0.39 is 0 Å². The normalized spacial score (nSPS) is 15.6. The van der Waals surface area contributed by atoms with Gasteiger partial charge >= 0.3 is 0 Å². The highest BCUT2D eigenvalue weighted by molar-refractivity contribution is 5.80. The average molecular weight is 400 g/mol. The molecule has 7 nitrogen and oxygen atoms in total. The van der Waals surface area contributed by atoms with Crippen molar-refractivity contribution in [3.8, 4) is 5.75 Å². The highest BCUT2D eigenvalue weighted by Crippen LogP contribution is 2.19. The second-order valence-corrected chi connectivity index (χ2v) is 7.38. The first-order valence-corrected chi connectivity index (χ1v) is 10.3. The third-order valence-electron chi connectivity index (χ3n) is 5.46. The summed E-state index contributed by atoms with van der Waals surface area (Å²) >= 11 is 0. The van der Waals surface area contributed by atoms with Crippen molar-refractivity contribution in [2.45, 2.75) is 45.9 Å². The molecule has 0 saturated carbocycles. The lowest BCUT2D eigenvalue weighted by Gasteiger charge is -2.34. The average Bonchev–Trinajstić information content (AvgIpc) is 3.01. The van der Waals surface area contributed by atoms with E-state index in [1.807, 2.05) is 42.1 Å². The number of likely N-dealkylation sites (tertiary alicyclic amines) is 1. The molecule has 29 heavy (non-hydrogen) atoms. The molecule has 1 saturated heterocycles. The number of hydrogen-bond donors (Lipinski definition) is 1. The Kier molecular flexibility index (Phi) is 7.52. The largest absolute Gasteiger partial charge is 0.490 e. The van der Waals surface area contributed by atoms with Gasteiger partial charge in [0.25, 0.3) is 0 Å². The Balaban J connectivity index is 1.52. The molecular formula is C22H33N5O2. The number of piperidine rings is 1. The summed E-state index contributed by atoms with van der Waals surface area (Å²) in [6.07, 6.45) is 2.24. The van der Waals surface area contributed by atoms with Gasteiger partial charge in [0.05, 0.1) is 18.8 Å². The zero-order chi connectivity index (χ0) is 20.6. The highest BCUT2D eigenvalue weighted by Gasteiger charge is 2.23. The number of para-hydroxylation sites is 1. The molecule has 2 heterocycles. The van der Waals surface area contributed by atoms with Gasteiger partial charge in [-0.3, -0.25) is 9.67 Å². The van der Waals surface area contributed by atoms with Crippen molar-refractivity contribution in [2.75, 3.05) is 33.9 Å². The molecule has 7 heteroatoms. The minimum Gasteiger partial charge on any atom is -0.490 e. The number of hydrogen-bond acceptors (Lipinski definition) is 4. The highest BCUT2D eigenvalue weighted by atomic mass is 16.5. The maximum absolute atomic E-state index is 6.10. The standard InChI is InChI=1S/C22H33N5O2/c1-17-21(18(2)27(25-17)14-15-28-4)16-24-22(23-3)26-12-10-20(11-13-26)29-19-8-6-5-7-9-19/h5-9,20H,10-16H2,1-4H3,(H,23,24). The van der Waals surface area contributed by atoms with Gasteiger partial charge in [-0.2, -0.15) is 5.10 Å². The first-order chi connectivity index (χ1) is 14.1. The lowest BCUT2D eigenvalue weighted by atomic mass is 10.1. The molecular weight excluding hydrogens is 366 g/mol. The molecule has 0 spiro atoms. The fraction of sp³-hybridized carbons (Fsp3) is 0.545. The van der Waals surface area contributed by atoms with E-state index in [2.05, 4.69) is 34.2 Å². The molecule has 1 N–H and O–H groups in total. The van der Waals surface area contributed by atoms with Crippen molar-refractivity contribution in [1.82, 2.24) is 20.0 Å². The monoisotopic (exact) mass is 399 g/mol. The van der Waals surface area contributed by atoms with Gasteiger partial charge in [-0.15, -0.1) is 0 Å². The molecule has 3 rings (SSSR count). The third-order valence-corrected chi connectivity index (χ3v) is 5.46. The summed E-state index contributed by atoms with van der Waals surface area (Å²) in [5.41, 5.74) is 3.46. The van der Waals surface area contributed by atoms with Gasteiger partial charge in [-0.1, -0.05) is 18.2 Å². The summed E-state index contributed by atoms with van der Waals surface area (Å²) in [5.74, 6) is 1.89. The van der Waals surface area contributed by atoms with E-state index in [1.54, 1.807) is 7.11 Å². The summed E-state index contributed by atoms with van der Waals surface area (Å²) in [6.45, 7) is 8.19. The number of nitrogens with zero attached hydrogens (tertiary/aromatic N) is 4. The second-order valence-electron chi connectivity index (χ2n) is 7.38. The Morgan fingerprint density at radius 2 is 1.93 bits per heavy atom. The molecule has 0 aliphatic carbocycles. The summed E-state index contributed by atoms with van der Waals surface area (Å²) in [7, 11) is 3.56. The predicted octanol–water partition coefficient (Wildman–Crippen LogP) is 2.77. The Labute approximate surface area is 173 Å². The maximum Gasteiger partial charge on any atom is 0.193 e. The number of methoxy groups -OCH3 is 1. The Morgan fingerprint density at radius 3 is 2.59 bits per heavy atom. The van der Waals surface area contributed by atoms with Crippen molar-refractivity contribution in [3.05, 3.63) is 47.3 Å². The number of guanidine groups is 1. The zero-order valence-electron chi connectivity index (χ0n) is 18.0. The van der Waals surface area contributed by atoms with Crippen molar-refractivity contribution < 1.29 is 9.47 Å². The number of aromatic nitrogens is 2. The number of rotatable bonds is 7. The van der Waals surface area contributed by atoms with Crippen LogP contribution in [0.2, 0.25) is 0 Å². The smallest absolute Gasteiger partial charge is 0.193 e. The van der Waals surface area contributed by atoms with Crippen molar-refractivity contribution in [3.63, 3.8) is 0 Å². The van der Waals surface area contributed by atoms with Crippen LogP contribution in [0.3, 0.4) is 0 Å². The van der Waals surface area contributed by atoms with Gasteiger partial charge in [0, 0.05) is 57.9 Å². The van der Waals surface area contributed by atoms with Crippen LogP contribution in [0.1, 0.15) is 29.8 Å². The van der Waals surface area contributed by atoms with Crippen LogP contribution in [0.5, 0.6) is 5.75 Å². The molecule has 0 atom stereocenters. The molecule has 1 aromatic carbocycles. The molecule has 158 valence electrons. The summed E-state index contributed by atoms with van der Waals surface area (Å²) in [5, 5.41) is 8.16. The molecule has 1 aliphatic heterocycles. The maximum atomic E-state index is 6.10. The minimum absolute atomic E-state index is 0.260. The quantitative estimate of drug-likeness (QED) is 0.573. The van der Waals surface area contributed by atoms with Gasteiger partial charge in [0.1, 0.15) is 11.9 Å². The Hall–Kier alpha value is -2.54. The molecule has 0 bridgehead atoms.